The highest BCUT2D eigenvalue weighted by Crippen LogP contribution is 2.35. The molecule has 0 bridgehead atoms. The first-order chi connectivity index (χ1) is 14.4. The van der Waals surface area contributed by atoms with Gasteiger partial charge in [-0.2, -0.15) is 0 Å². The Bertz CT molecular complexity index is 1100. The SMILES string of the molecule is C=C(F)C(=Nc1ncnc2cc(OCCn3ccnc3)c(OC)cc12)C(C)C(C)=O. The summed E-state index contributed by atoms with van der Waals surface area (Å²) in [6.07, 6.45) is 6.57. The second-order valence-corrected chi connectivity index (χ2v) is 6.60. The van der Waals surface area contributed by atoms with Gasteiger partial charge in [0.05, 0.1) is 37.1 Å². The third-order valence-electron chi connectivity index (χ3n) is 4.59. The van der Waals surface area contributed by atoms with Crippen molar-refractivity contribution in [1.82, 2.24) is 19.5 Å². The second kappa shape index (κ2) is 9.25. The van der Waals surface area contributed by atoms with Crippen LogP contribution in [0.1, 0.15) is 13.8 Å². The average Bonchev–Trinajstić information content (AvgIpc) is 3.24. The molecule has 9 heteroatoms. The van der Waals surface area contributed by atoms with E-state index in [9.17, 15) is 9.18 Å². The smallest absolute Gasteiger partial charge is 0.163 e. The Kier molecular flexibility index (Phi) is 6.51. The molecule has 0 aliphatic carbocycles. The van der Waals surface area contributed by atoms with Crippen molar-refractivity contribution in [3.8, 4) is 11.5 Å². The largest absolute Gasteiger partial charge is 0.493 e. The molecule has 0 fully saturated rings. The summed E-state index contributed by atoms with van der Waals surface area (Å²) in [6, 6.07) is 3.39. The number of nitrogens with zero attached hydrogens (tertiary/aromatic N) is 5. The predicted molar refractivity (Wildman–Crippen MR) is 111 cm³/mol. The Morgan fingerprint density at radius 1 is 1.33 bits per heavy atom. The summed E-state index contributed by atoms with van der Waals surface area (Å²) in [5.74, 6) is -0.580. The predicted octanol–water partition coefficient (Wildman–Crippen LogP) is 3.69. The molecule has 3 aromatic rings. The summed E-state index contributed by atoms with van der Waals surface area (Å²) in [5, 5.41) is 0.533. The number of ketones is 1. The van der Waals surface area contributed by atoms with Crippen LogP contribution in [0, 0.1) is 5.92 Å². The number of halogens is 1. The molecule has 2 aromatic heterocycles. The van der Waals surface area contributed by atoms with Gasteiger partial charge in [-0.3, -0.25) is 4.79 Å². The van der Waals surface area contributed by atoms with Crippen LogP contribution < -0.4 is 9.47 Å². The minimum absolute atomic E-state index is 0.0675. The van der Waals surface area contributed by atoms with E-state index >= 15 is 0 Å². The highest BCUT2D eigenvalue weighted by atomic mass is 19.1. The molecule has 0 saturated carbocycles. The van der Waals surface area contributed by atoms with E-state index in [1.54, 1.807) is 31.6 Å². The van der Waals surface area contributed by atoms with Gasteiger partial charge in [0.1, 0.15) is 24.5 Å². The first-order valence-electron chi connectivity index (χ1n) is 9.25. The molecule has 0 spiro atoms. The monoisotopic (exact) mass is 411 g/mol. The van der Waals surface area contributed by atoms with Gasteiger partial charge in [0.25, 0.3) is 0 Å². The number of methoxy groups -OCH3 is 1. The van der Waals surface area contributed by atoms with Crippen molar-refractivity contribution in [1.29, 1.82) is 0 Å². The number of hydrogen-bond acceptors (Lipinski definition) is 7. The minimum Gasteiger partial charge on any atom is -0.493 e. The van der Waals surface area contributed by atoms with E-state index in [-0.39, 0.29) is 17.3 Å². The molecule has 8 nitrogen and oxygen atoms in total. The first-order valence-corrected chi connectivity index (χ1v) is 9.25. The molecule has 0 saturated heterocycles. The zero-order valence-corrected chi connectivity index (χ0v) is 17.0. The number of benzene rings is 1. The number of ether oxygens (including phenoxy) is 2. The maximum absolute atomic E-state index is 14.0. The lowest BCUT2D eigenvalue weighted by atomic mass is 10.0. The third-order valence-corrected chi connectivity index (χ3v) is 4.59. The van der Waals surface area contributed by atoms with Gasteiger partial charge in [-0.15, -0.1) is 0 Å². The molecular weight excluding hydrogens is 389 g/mol. The normalized spacial score (nSPS) is 12.6. The lowest BCUT2D eigenvalue weighted by Crippen LogP contribution is -2.18. The zero-order chi connectivity index (χ0) is 21.7. The number of carbonyl (C=O) groups is 1. The number of rotatable bonds is 9. The molecule has 30 heavy (non-hydrogen) atoms. The van der Waals surface area contributed by atoms with Gasteiger partial charge in [-0.05, 0) is 19.9 Å². The van der Waals surface area contributed by atoms with Crippen LogP contribution in [0.25, 0.3) is 10.9 Å². The Labute approximate surface area is 173 Å². The van der Waals surface area contributed by atoms with Crippen LogP contribution in [0.15, 0.2) is 54.6 Å². The summed E-state index contributed by atoms with van der Waals surface area (Å²) in [4.78, 5) is 28.4. The van der Waals surface area contributed by atoms with Crippen LogP contribution in [0.4, 0.5) is 10.2 Å². The first kappa shape index (κ1) is 21.1. The van der Waals surface area contributed by atoms with E-state index in [0.717, 1.165) is 0 Å². The van der Waals surface area contributed by atoms with Crippen LogP contribution >= 0.6 is 0 Å². The minimum atomic E-state index is -0.782. The number of carbonyl (C=O) groups excluding carboxylic acids is 1. The fourth-order valence-corrected chi connectivity index (χ4v) is 2.79. The number of Topliss-reactive ketones (excluding diaryl/α,β-unsaturated/α-hetero) is 1. The van der Waals surface area contributed by atoms with E-state index in [0.29, 0.717) is 35.6 Å². The zero-order valence-electron chi connectivity index (χ0n) is 17.0. The van der Waals surface area contributed by atoms with Crippen LogP contribution in [0.5, 0.6) is 11.5 Å². The van der Waals surface area contributed by atoms with E-state index in [2.05, 4.69) is 26.5 Å². The van der Waals surface area contributed by atoms with Gasteiger partial charge in [0.2, 0.25) is 0 Å². The van der Waals surface area contributed by atoms with Gasteiger partial charge in [-0.1, -0.05) is 6.58 Å². The number of hydrogen-bond donors (Lipinski definition) is 0. The van der Waals surface area contributed by atoms with Crippen molar-refractivity contribution in [2.45, 2.75) is 20.4 Å². The van der Waals surface area contributed by atoms with Crippen molar-refractivity contribution in [2.24, 2.45) is 10.9 Å². The van der Waals surface area contributed by atoms with Crippen molar-refractivity contribution in [2.75, 3.05) is 13.7 Å². The lowest BCUT2D eigenvalue weighted by Gasteiger charge is -2.13. The topological polar surface area (TPSA) is 91.5 Å². The molecule has 1 aromatic carbocycles. The van der Waals surface area contributed by atoms with Crippen molar-refractivity contribution < 1.29 is 18.7 Å². The highest BCUT2D eigenvalue weighted by molar-refractivity contribution is 6.12. The maximum atomic E-state index is 14.0. The Morgan fingerprint density at radius 2 is 2.13 bits per heavy atom. The molecule has 0 aliphatic rings. The number of fused-ring (bicyclic) bond motifs is 1. The fourth-order valence-electron chi connectivity index (χ4n) is 2.79. The van der Waals surface area contributed by atoms with Gasteiger partial charge in [0.15, 0.2) is 17.3 Å². The molecule has 3 rings (SSSR count). The molecule has 156 valence electrons. The maximum Gasteiger partial charge on any atom is 0.163 e. The van der Waals surface area contributed by atoms with Gasteiger partial charge in [0, 0.05) is 23.8 Å². The standard InChI is InChI=1S/C21H22FN5O3/c1-13(15(3)28)20(14(2)22)26-21-16-9-18(29-4)19(10-17(16)24-11-25-21)30-8-7-27-6-5-23-12-27/h5-6,9-13H,2,7-8H2,1,3-4H3. The Balaban J connectivity index is 1.97. The van der Waals surface area contributed by atoms with Crippen LogP contribution in [-0.2, 0) is 11.3 Å². The molecule has 0 aliphatic heterocycles. The highest BCUT2D eigenvalue weighted by Gasteiger charge is 2.20. The van der Waals surface area contributed by atoms with Crippen LogP contribution in [0.3, 0.4) is 0 Å². The Morgan fingerprint density at radius 3 is 2.77 bits per heavy atom. The van der Waals surface area contributed by atoms with Gasteiger partial charge >= 0.3 is 0 Å². The van der Waals surface area contributed by atoms with E-state index < -0.39 is 11.7 Å². The second-order valence-electron chi connectivity index (χ2n) is 6.60. The lowest BCUT2D eigenvalue weighted by molar-refractivity contribution is -0.118. The van der Waals surface area contributed by atoms with E-state index in [1.165, 1.54) is 20.4 Å². The van der Waals surface area contributed by atoms with Crippen molar-refractivity contribution in [3.05, 3.63) is 49.6 Å². The average molecular weight is 411 g/mol. The Hall–Kier alpha value is -3.62. The molecule has 0 amide bonds. The molecule has 0 N–H and O–H groups in total. The van der Waals surface area contributed by atoms with Gasteiger partial charge in [-0.25, -0.2) is 24.3 Å². The summed E-state index contributed by atoms with van der Waals surface area (Å²) in [7, 11) is 1.52. The molecular formula is C21H22FN5O3. The van der Waals surface area contributed by atoms with Crippen molar-refractivity contribution in [3.63, 3.8) is 0 Å². The third kappa shape index (κ3) is 4.68. The fraction of sp³-hybridized carbons (Fsp3) is 0.286. The molecule has 1 unspecified atom stereocenters. The summed E-state index contributed by atoms with van der Waals surface area (Å²) in [5.41, 5.74) is 0.476. The summed E-state index contributed by atoms with van der Waals surface area (Å²) >= 11 is 0. The summed E-state index contributed by atoms with van der Waals surface area (Å²) in [6.45, 7) is 7.25. The van der Waals surface area contributed by atoms with Gasteiger partial charge < -0.3 is 14.0 Å². The van der Waals surface area contributed by atoms with E-state index in [4.69, 9.17) is 9.47 Å². The van der Waals surface area contributed by atoms with E-state index in [1.807, 2.05) is 10.8 Å². The quantitative estimate of drug-likeness (QED) is 0.499. The number of aliphatic imine (C=N–C) groups is 1. The van der Waals surface area contributed by atoms with Crippen molar-refractivity contribution >= 4 is 28.2 Å². The number of aromatic nitrogens is 4. The molecule has 0 radical (unpaired) electrons. The van der Waals surface area contributed by atoms with Crippen LogP contribution in [-0.4, -0.2) is 44.7 Å². The van der Waals surface area contributed by atoms with Crippen LogP contribution in [0.2, 0.25) is 0 Å². The molecule has 2 heterocycles. The number of imidazole rings is 1. The number of allylic oxidation sites excluding steroid dienone is 1. The molecule has 1 atom stereocenters. The summed E-state index contributed by atoms with van der Waals surface area (Å²) < 4.78 is 27.1.